The third-order valence-corrected chi connectivity index (χ3v) is 8.78. The van der Waals surface area contributed by atoms with Crippen LogP contribution in [0.15, 0.2) is 69.9 Å². The molecular formula is C27H25Cl2NO5S. The number of hydrogen-bond acceptors (Lipinski definition) is 6. The summed E-state index contributed by atoms with van der Waals surface area (Å²) >= 11 is 13.1. The first-order valence-electron chi connectivity index (χ1n) is 12.0. The largest absolute Gasteiger partial charge is 0.376 e. The maximum Gasteiger partial charge on any atom is 0.339 e. The smallest absolute Gasteiger partial charge is 0.339 e. The van der Waals surface area contributed by atoms with Gasteiger partial charge in [-0.1, -0.05) is 41.4 Å². The minimum atomic E-state index is -4.16. The van der Waals surface area contributed by atoms with E-state index >= 15 is 0 Å². The number of carbonyl (C=O) groups excluding carboxylic acids is 2. The van der Waals surface area contributed by atoms with Crippen LogP contribution in [0.2, 0.25) is 10.0 Å². The minimum absolute atomic E-state index is 0.00857. The van der Waals surface area contributed by atoms with Gasteiger partial charge >= 0.3 is 10.1 Å². The van der Waals surface area contributed by atoms with E-state index in [1.165, 1.54) is 12.1 Å². The summed E-state index contributed by atoms with van der Waals surface area (Å²) in [5.74, 6) is -0.744. The molecule has 0 bridgehead atoms. The number of ketones is 2. The first kappa shape index (κ1) is 25.1. The predicted octanol–water partition coefficient (Wildman–Crippen LogP) is 6.19. The van der Waals surface area contributed by atoms with Gasteiger partial charge in [-0.2, -0.15) is 8.42 Å². The number of rotatable bonds is 5. The predicted molar refractivity (Wildman–Crippen MR) is 138 cm³/mol. The summed E-state index contributed by atoms with van der Waals surface area (Å²) in [6, 6.07) is 10.8. The molecule has 0 atom stereocenters. The SMILES string of the molecule is CCN1C2=C(C(=O)CCC2)C(c2cc(Cl)c(OS(=O)(=O)c3ccccc3)c(Cl)c2)C2=C1CCCC2=O. The molecule has 5 rings (SSSR count). The van der Waals surface area contributed by atoms with Crippen molar-refractivity contribution in [1.29, 1.82) is 0 Å². The Labute approximate surface area is 220 Å². The average molecular weight is 546 g/mol. The Hall–Kier alpha value is -2.61. The number of hydrogen-bond donors (Lipinski definition) is 0. The van der Waals surface area contributed by atoms with Gasteiger partial charge in [0.25, 0.3) is 0 Å². The third-order valence-electron chi connectivity index (χ3n) is 6.98. The maximum atomic E-state index is 13.2. The Kier molecular flexibility index (Phi) is 6.74. The Balaban J connectivity index is 1.63. The Bertz CT molecular complexity index is 1360. The number of halogens is 2. The highest BCUT2D eigenvalue weighted by atomic mass is 35.5. The Morgan fingerprint density at radius 3 is 1.92 bits per heavy atom. The number of carbonyl (C=O) groups is 2. The van der Waals surface area contributed by atoms with Crippen LogP contribution in [-0.4, -0.2) is 31.4 Å². The summed E-state index contributed by atoms with van der Waals surface area (Å²) in [6.07, 6.45) is 3.89. The van der Waals surface area contributed by atoms with Crippen molar-refractivity contribution in [3.05, 3.63) is 80.6 Å². The molecule has 0 unspecified atom stereocenters. The van der Waals surface area contributed by atoms with Crippen molar-refractivity contribution in [2.24, 2.45) is 0 Å². The lowest BCUT2D eigenvalue weighted by Crippen LogP contribution is -2.39. The normalized spacial score (nSPS) is 18.9. The molecule has 9 heteroatoms. The first-order valence-corrected chi connectivity index (χ1v) is 14.2. The maximum absolute atomic E-state index is 13.2. The van der Waals surface area contributed by atoms with E-state index in [1.807, 2.05) is 6.92 Å². The zero-order valence-electron chi connectivity index (χ0n) is 19.7. The summed E-state index contributed by atoms with van der Waals surface area (Å²) in [5.41, 5.74) is 3.75. The van der Waals surface area contributed by atoms with Gasteiger partial charge < -0.3 is 9.08 Å². The second kappa shape index (κ2) is 9.69. The van der Waals surface area contributed by atoms with E-state index < -0.39 is 16.0 Å². The minimum Gasteiger partial charge on any atom is -0.376 e. The van der Waals surface area contributed by atoms with Crippen LogP contribution in [0.3, 0.4) is 0 Å². The molecule has 36 heavy (non-hydrogen) atoms. The molecule has 1 aliphatic heterocycles. The second-order valence-corrected chi connectivity index (χ2v) is 11.5. The molecule has 2 aromatic rings. The number of nitrogens with zero attached hydrogens (tertiary/aromatic N) is 1. The highest BCUT2D eigenvalue weighted by Gasteiger charge is 2.43. The monoisotopic (exact) mass is 545 g/mol. The summed E-state index contributed by atoms with van der Waals surface area (Å²) in [4.78, 5) is 28.6. The lowest BCUT2D eigenvalue weighted by Gasteiger charge is -2.43. The first-order chi connectivity index (χ1) is 17.2. The molecular weight excluding hydrogens is 521 g/mol. The van der Waals surface area contributed by atoms with Gasteiger partial charge in [0.05, 0.1) is 10.0 Å². The molecule has 0 saturated heterocycles. The molecule has 0 aromatic heterocycles. The van der Waals surface area contributed by atoms with E-state index in [4.69, 9.17) is 27.4 Å². The zero-order valence-corrected chi connectivity index (χ0v) is 22.0. The van der Waals surface area contributed by atoms with Gasteiger partial charge in [-0.3, -0.25) is 9.59 Å². The molecule has 0 N–H and O–H groups in total. The number of Topliss-reactive ketones (excluding diaryl/α,β-unsaturated/α-hetero) is 2. The van der Waals surface area contributed by atoms with Crippen molar-refractivity contribution in [2.45, 2.75) is 56.3 Å². The van der Waals surface area contributed by atoms with Crippen molar-refractivity contribution in [3.8, 4) is 5.75 Å². The standard InChI is InChI=1S/C27H25Cl2NO5S/c1-2-30-20-10-6-12-22(31)25(20)24(26-21(30)11-7-13-23(26)32)16-14-18(28)27(19(29)15-16)35-36(33,34)17-8-4-3-5-9-17/h3-5,8-9,14-15,24H,2,6-7,10-13H2,1H3. The van der Waals surface area contributed by atoms with Crippen LogP contribution in [0.1, 0.15) is 56.9 Å². The van der Waals surface area contributed by atoms with Gasteiger partial charge in [-0.15, -0.1) is 0 Å². The molecule has 0 amide bonds. The fourth-order valence-electron chi connectivity index (χ4n) is 5.50. The highest BCUT2D eigenvalue weighted by molar-refractivity contribution is 7.87. The van der Waals surface area contributed by atoms with Crippen molar-refractivity contribution >= 4 is 44.9 Å². The fourth-order valence-corrected chi connectivity index (χ4v) is 7.16. The van der Waals surface area contributed by atoms with Crippen LogP contribution in [0.25, 0.3) is 0 Å². The fraction of sp³-hybridized carbons (Fsp3) is 0.333. The molecule has 3 aliphatic rings. The highest BCUT2D eigenvalue weighted by Crippen LogP contribution is 2.50. The van der Waals surface area contributed by atoms with Crippen molar-refractivity contribution in [2.75, 3.05) is 6.54 Å². The van der Waals surface area contributed by atoms with E-state index in [2.05, 4.69) is 4.90 Å². The van der Waals surface area contributed by atoms with Crippen molar-refractivity contribution in [1.82, 2.24) is 4.90 Å². The summed E-state index contributed by atoms with van der Waals surface area (Å²) in [7, 11) is -4.16. The lowest BCUT2D eigenvalue weighted by molar-refractivity contribution is -0.117. The van der Waals surface area contributed by atoms with Gasteiger partial charge in [0.15, 0.2) is 17.3 Å². The van der Waals surface area contributed by atoms with Gasteiger partial charge in [0.1, 0.15) is 4.90 Å². The third kappa shape index (κ3) is 4.27. The van der Waals surface area contributed by atoms with Gasteiger partial charge in [0.2, 0.25) is 0 Å². The van der Waals surface area contributed by atoms with Crippen molar-refractivity contribution in [3.63, 3.8) is 0 Å². The van der Waals surface area contributed by atoms with E-state index in [0.29, 0.717) is 36.1 Å². The van der Waals surface area contributed by atoms with Crippen LogP contribution >= 0.6 is 23.2 Å². The van der Waals surface area contributed by atoms with Crippen LogP contribution in [0.4, 0.5) is 0 Å². The molecule has 6 nitrogen and oxygen atoms in total. The molecule has 0 spiro atoms. The second-order valence-electron chi connectivity index (χ2n) is 9.12. The van der Waals surface area contributed by atoms with E-state index in [1.54, 1.807) is 30.3 Å². The van der Waals surface area contributed by atoms with Crippen LogP contribution in [0.5, 0.6) is 5.75 Å². The average Bonchev–Trinajstić information content (AvgIpc) is 2.86. The number of allylic oxidation sites excluding steroid dienone is 4. The van der Waals surface area contributed by atoms with Crippen LogP contribution < -0.4 is 4.18 Å². The molecule has 0 saturated carbocycles. The van der Waals surface area contributed by atoms with Gasteiger partial charge in [-0.25, -0.2) is 0 Å². The molecule has 0 radical (unpaired) electrons. The van der Waals surface area contributed by atoms with E-state index in [0.717, 1.165) is 37.1 Å². The van der Waals surface area contributed by atoms with Crippen LogP contribution in [0, 0.1) is 0 Å². The summed E-state index contributed by atoms with van der Waals surface area (Å²) < 4.78 is 30.9. The summed E-state index contributed by atoms with van der Waals surface area (Å²) in [6.45, 7) is 2.71. The zero-order chi connectivity index (χ0) is 25.6. The van der Waals surface area contributed by atoms with Crippen LogP contribution in [-0.2, 0) is 19.7 Å². The quantitative estimate of drug-likeness (QED) is 0.416. The number of benzene rings is 2. The molecule has 188 valence electrons. The van der Waals surface area contributed by atoms with E-state index in [9.17, 15) is 18.0 Å². The molecule has 2 aliphatic carbocycles. The molecule has 2 aromatic carbocycles. The van der Waals surface area contributed by atoms with E-state index in [-0.39, 0.29) is 32.3 Å². The van der Waals surface area contributed by atoms with Gasteiger partial charge in [-0.05, 0) is 62.4 Å². The van der Waals surface area contributed by atoms with Crippen molar-refractivity contribution < 1.29 is 22.2 Å². The molecule has 1 heterocycles. The molecule has 0 fully saturated rings. The Morgan fingerprint density at radius 1 is 0.889 bits per heavy atom. The van der Waals surface area contributed by atoms with Gasteiger partial charge in [0, 0.05) is 47.8 Å². The lowest BCUT2D eigenvalue weighted by atomic mass is 9.71. The topological polar surface area (TPSA) is 80.8 Å². The Morgan fingerprint density at radius 2 is 1.42 bits per heavy atom. The summed E-state index contributed by atoms with van der Waals surface area (Å²) in [5, 5.41) is -0.0171.